The molecule has 1 aliphatic carbocycles. The van der Waals surface area contributed by atoms with E-state index in [0.29, 0.717) is 30.8 Å². The van der Waals surface area contributed by atoms with Gasteiger partial charge in [-0.15, -0.1) is 0 Å². The first-order valence-corrected chi connectivity index (χ1v) is 16.2. The molecule has 226 valence electrons. The van der Waals surface area contributed by atoms with Crippen LogP contribution < -0.4 is 0 Å². The average molecular weight is 594 g/mol. The fourth-order valence-electron chi connectivity index (χ4n) is 6.72. The molecule has 5 rings (SSSR count). The highest BCUT2D eigenvalue weighted by Crippen LogP contribution is 2.53. The number of piperidine rings is 1. The molecule has 1 fully saturated rings. The van der Waals surface area contributed by atoms with E-state index >= 15 is 0 Å². The van der Waals surface area contributed by atoms with Crippen LogP contribution in [-0.2, 0) is 21.9 Å². The van der Waals surface area contributed by atoms with Crippen LogP contribution >= 0.6 is 0 Å². The maximum Gasteiger partial charge on any atom is 0.243 e. The van der Waals surface area contributed by atoms with Crippen molar-refractivity contribution in [3.05, 3.63) is 88.5 Å². The van der Waals surface area contributed by atoms with E-state index in [0.717, 1.165) is 41.9 Å². The summed E-state index contributed by atoms with van der Waals surface area (Å²) >= 11 is 0. The number of hydrogen-bond donors (Lipinski definition) is 1. The first kappa shape index (κ1) is 30.6. The molecule has 1 saturated heterocycles. The summed E-state index contributed by atoms with van der Waals surface area (Å²) in [5.41, 5.74) is 4.72. The van der Waals surface area contributed by atoms with Gasteiger partial charge < -0.3 is 4.90 Å². The largest absolute Gasteiger partial charge is 0.309 e. The Labute approximate surface area is 250 Å². The number of sulfonamides is 1. The molecule has 2 heterocycles. The Morgan fingerprint density at radius 1 is 1.05 bits per heavy atom. The molecule has 1 unspecified atom stereocenters. The lowest BCUT2D eigenvalue weighted by atomic mass is 9.62. The van der Waals surface area contributed by atoms with Gasteiger partial charge in [-0.1, -0.05) is 50.6 Å². The van der Waals surface area contributed by atoms with E-state index in [9.17, 15) is 12.8 Å². The number of hydrogen-bond acceptors (Lipinski definition) is 5. The summed E-state index contributed by atoms with van der Waals surface area (Å²) in [6, 6.07) is 13.9. The van der Waals surface area contributed by atoms with Crippen LogP contribution in [0, 0.1) is 11.2 Å². The van der Waals surface area contributed by atoms with Crippen molar-refractivity contribution >= 4 is 16.1 Å². The van der Waals surface area contributed by atoms with Crippen molar-refractivity contribution in [3.63, 3.8) is 0 Å². The topological polar surface area (TPSA) is 72.5 Å². The van der Waals surface area contributed by atoms with Crippen molar-refractivity contribution in [1.82, 2.24) is 24.3 Å². The van der Waals surface area contributed by atoms with Gasteiger partial charge in [-0.2, -0.15) is 9.40 Å². The Morgan fingerprint density at radius 2 is 1.74 bits per heavy atom. The van der Waals surface area contributed by atoms with Crippen molar-refractivity contribution < 1.29 is 12.8 Å². The van der Waals surface area contributed by atoms with Crippen LogP contribution in [0.2, 0.25) is 0 Å². The van der Waals surface area contributed by atoms with Crippen LogP contribution in [0.5, 0.6) is 0 Å². The predicted octanol–water partition coefficient (Wildman–Crippen LogP) is 5.49. The molecule has 3 aromatic rings. The number of rotatable bonds is 9. The lowest BCUT2D eigenvalue weighted by Crippen LogP contribution is -2.55. The zero-order valence-corrected chi connectivity index (χ0v) is 26.5. The summed E-state index contributed by atoms with van der Waals surface area (Å²) in [5.74, 6) is -0.284. The van der Waals surface area contributed by atoms with E-state index in [1.54, 1.807) is 16.4 Å². The molecule has 0 bridgehead atoms. The van der Waals surface area contributed by atoms with E-state index in [2.05, 4.69) is 68.0 Å². The van der Waals surface area contributed by atoms with Crippen LogP contribution in [0.1, 0.15) is 62.0 Å². The summed E-state index contributed by atoms with van der Waals surface area (Å²) in [4.78, 5) is 4.82. The smallest absolute Gasteiger partial charge is 0.243 e. The van der Waals surface area contributed by atoms with Crippen molar-refractivity contribution in [2.75, 3.05) is 47.3 Å². The van der Waals surface area contributed by atoms with E-state index in [-0.39, 0.29) is 17.3 Å². The molecule has 2 atom stereocenters. The lowest BCUT2D eigenvalue weighted by molar-refractivity contribution is 0.0699. The number of aromatic nitrogens is 2. The highest BCUT2D eigenvalue weighted by atomic mass is 32.2. The Balaban J connectivity index is 1.58. The fourth-order valence-corrected chi connectivity index (χ4v) is 8.23. The second kappa shape index (κ2) is 11.7. The normalized spacial score (nSPS) is 20.4. The van der Waals surface area contributed by atoms with Gasteiger partial charge in [-0.05, 0) is 106 Å². The number of nitrogens with zero attached hydrogens (tertiary/aromatic N) is 4. The first-order chi connectivity index (χ1) is 19.8. The van der Waals surface area contributed by atoms with Crippen molar-refractivity contribution in [1.29, 1.82) is 0 Å². The number of nitrogens with one attached hydrogen (secondary N) is 1. The minimum atomic E-state index is -3.76. The molecule has 0 saturated carbocycles. The third kappa shape index (κ3) is 5.97. The van der Waals surface area contributed by atoms with Crippen molar-refractivity contribution in [2.24, 2.45) is 5.41 Å². The molecule has 1 aliphatic heterocycles. The van der Waals surface area contributed by atoms with Gasteiger partial charge in [0.05, 0.1) is 16.8 Å². The Bertz CT molecular complexity index is 1520. The second-order valence-electron chi connectivity index (χ2n) is 13.3. The molecule has 42 heavy (non-hydrogen) atoms. The maximum atomic E-state index is 14.2. The van der Waals surface area contributed by atoms with Crippen LogP contribution in [0.3, 0.4) is 0 Å². The van der Waals surface area contributed by atoms with E-state index in [4.69, 9.17) is 0 Å². The van der Waals surface area contributed by atoms with Crippen LogP contribution in [0.25, 0.3) is 6.08 Å². The second-order valence-corrected chi connectivity index (χ2v) is 15.2. The van der Waals surface area contributed by atoms with Gasteiger partial charge in [0.2, 0.25) is 10.0 Å². The monoisotopic (exact) mass is 593 g/mol. The zero-order chi connectivity index (χ0) is 30.3. The molecule has 1 aromatic heterocycles. The summed E-state index contributed by atoms with van der Waals surface area (Å²) < 4.78 is 44.2. The highest BCUT2D eigenvalue weighted by Gasteiger charge is 2.51. The molecule has 0 radical (unpaired) electrons. The van der Waals surface area contributed by atoms with Crippen molar-refractivity contribution in [2.45, 2.75) is 56.4 Å². The van der Waals surface area contributed by atoms with E-state index in [1.165, 1.54) is 17.7 Å². The molecule has 0 amide bonds. The van der Waals surface area contributed by atoms with Gasteiger partial charge in [-0.3, -0.25) is 10.00 Å². The summed E-state index contributed by atoms with van der Waals surface area (Å²) in [6.45, 7) is 8.85. The fraction of sp³-hybridized carbons (Fsp3) is 0.485. The van der Waals surface area contributed by atoms with Gasteiger partial charge in [-0.25, -0.2) is 12.8 Å². The molecule has 9 heteroatoms. The van der Waals surface area contributed by atoms with E-state index in [1.807, 2.05) is 30.5 Å². The van der Waals surface area contributed by atoms with Crippen LogP contribution in [0.15, 0.2) is 65.2 Å². The Morgan fingerprint density at radius 3 is 2.38 bits per heavy atom. The Kier molecular flexibility index (Phi) is 8.51. The molecule has 1 N–H and O–H groups in total. The molecule has 7 nitrogen and oxygen atoms in total. The van der Waals surface area contributed by atoms with Gasteiger partial charge in [0.1, 0.15) is 5.82 Å². The summed E-state index contributed by atoms with van der Waals surface area (Å²) in [7, 11) is 2.49. The molecule has 2 aromatic carbocycles. The quantitative estimate of drug-likeness (QED) is 0.355. The standard InChI is InChI=1S/C33H44FN5O2S/c1-32(2,3)26-10-14-29(15-11-26)42(40,41)39-19-16-27-20-30-25(22-35-36-30)21-33(27,23-39)31(24-8-12-28(34)13-9-24)38(6)18-7-17-37(4)5/h8-15,20,22,31H,7,16-19,21,23H2,1-6H3,(H,35,36)/t31?,33-/m1/s1. The number of H-pyrrole nitrogens is 1. The van der Waals surface area contributed by atoms with Crippen LogP contribution in [0.4, 0.5) is 4.39 Å². The number of benzene rings is 2. The summed E-state index contributed by atoms with van der Waals surface area (Å²) in [6.07, 6.45) is 6.24. The van der Waals surface area contributed by atoms with Gasteiger partial charge in [0.15, 0.2) is 0 Å². The molecular formula is C33H44FN5O2S. The minimum absolute atomic E-state index is 0.0683. The zero-order valence-electron chi connectivity index (χ0n) is 25.7. The third-order valence-corrected chi connectivity index (χ3v) is 10.8. The van der Waals surface area contributed by atoms with Crippen LogP contribution in [-0.4, -0.2) is 80.0 Å². The molecular weight excluding hydrogens is 549 g/mol. The first-order valence-electron chi connectivity index (χ1n) is 14.8. The Hall–Kier alpha value is -2.85. The summed E-state index contributed by atoms with van der Waals surface area (Å²) in [5, 5.41) is 7.45. The third-order valence-electron chi connectivity index (χ3n) is 8.93. The minimum Gasteiger partial charge on any atom is -0.309 e. The molecule has 0 spiro atoms. The average Bonchev–Trinajstić information content (AvgIpc) is 3.38. The number of aromatic amines is 1. The van der Waals surface area contributed by atoms with Gasteiger partial charge >= 0.3 is 0 Å². The SMILES string of the molecule is CN(C)CCCN(C)C(c1ccc(F)cc1)[C@@]12Cc3cn[nH]c3C=C1CCN(S(=O)(=O)c1ccc(C(C)(C)C)cc1)C2. The maximum absolute atomic E-state index is 14.2. The molecule has 2 aliphatic rings. The highest BCUT2D eigenvalue weighted by molar-refractivity contribution is 7.89. The lowest BCUT2D eigenvalue weighted by Gasteiger charge is -2.53. The van der Waals surface area contributed by atoms with E-state index < -0.39 is 15.4 Å². The number of halogens is 1. The number of fused-ring (bicyclic) bond motifs is 2. The predicted molar refractivity (Wildman–Crippen MR) is 166 cm³/mol. The van der Waals surface area contributed by atoms with Crippen molar-refractivity contribution in [3.8, 4) is 0 Å². The van der Waals surface area contributed by atoms with Gasteiger partial charge in [0.25, 0.3) is 0 Å². The van der Waals surface area contributed by atoms with Gasteiger partial charge in [0, 0.05) is 24.5 Å².